The molecule has 7 heteroatoms. The summed E-state index contributed by atoms with van der Waals surface area (Å²) in [5.41, 5.74) is 0.640. The predicted molar refractivity (Wildman–Crippen MR) is 101 cm³/mol. The lowest BCUT2D eigenvalue weighted by atomic mass is 10.1. The molecule has 138 valence electrons. The number of benzene rings is 1. The van der Waals surface area contributed by atoms with Gasteiger partial charge in [0, 0.05) is 32.6 Å². The first-order valence-corrected chi connectivity index (χ1v) is 8.91. The topological polar surface area (TPSA) is 61.4 Å². The highest BCUT2D eigenvalue weighted by Crippen LogP contribution is 2.22. The van der Waals surface area contributed by atoms with E-state index in [1.54, 1.807) is 18.2 Å². The Morgan fingerprint density at radius 3 is 2.38 bits per heavy atom. The highest BCUT2D eigenvalue weighted by atomic mass is 19.1. The van der Waals surface area contributed by atoms with Gasteiger partial charge in [0.05, 0.1) is 5.69 Å². The molecular weight excluding hydrogens is 333 g/mol. The maximum Gasteiger partial charge on any atom is 0.225 e. The SMILES string of the molecule is CC(C)CC(=O)Nc1ccc(N2CCN(c3ccccc3F)CC2)nn1. The number of amides is 1. The Labute approximate surface area is 153 Å². The van der Waals surface area contributed by atoms with Crippen LogP contribution in [-0.2, 0) is 4.79 Å². The summed E-state index contributed by atoms with van der Waals surface area (Å²) in [5, 5.41) is 11.1. The number of hydrogen-bond acceptors (Lipinski definition) is 5. The fourth-order valence-electron chi connectivity index (χ4n) is 3.01. The Morgan fingerprint density at radius 2 is 1.77 bits per heavy atom. The first kappa shape index (κ1) is 18.1. The number of anilines is 3. The largest absolute Gasteiger partial charge is 0.366 e. The lowest BCUT2D eigenvalue weighted by molar-refractivity contribution is -0.116. The van der Waals surface area contributed by atoms with Crippen LogP contribution in [0.2, 0.25) is 0 Å². The summed E-state index contributed by atoms with van der Waals surface area (Å²) < 4.78 is 13.9. The van der Waals surface area contributed by atoms with Crippen molar-refractivity contribution >= 4 is 23.2 Å². The molecule has 0 unspecified atom stereocenters. The molecule has 6 nitrogen and oxygen atoms in total. The second-order valence-electron chi connectivity index (χ2n) is 6.85. The molecule has 0 bridgehead atoms. The van der Waals surface area contributed by atoms with E-state index in [4.69, 9.17) is 0 Å². The van der Waals surface area contributed by atoms with E-state index in [0.29, 0.717) is 23.8 Å². The molecule has 2 heterocycles. The Kier molecular flexibility index (Phi) is 5.65. The third-order valence-corrected chi connectivity index (χ3v) is 4.31. The lowest BCUT2D eigenvalue weighted by Crippen LogP contribution is -2.47. The van der Waals surface area contributed by atoms with Crippen molar-refractivity contribution < 1.29 is 9.18 Å². The first-order valence-electron chi connectivity index (χ1n) is 8.91. The number of halogens is 1. The standard InChI is InChI=1S/C19H24FN5O/c1-14(2)13-19(26)21-17-7-8-18(23-22-17)25-11-9-24(10-12-25)16-6-4-3-5-15(16)20/h3-8,14H,9-13H2,1-2H3,(H,21,22,26). The minimum Gasteiger partial charge on any atom is -0.366 e. The van der Waals surface area contributed by atoms with E-state index in [0.717, 1.165) is 32.0 Å². The third kappa shape index (κ3) is 4.47. The Bertz CT molecular complexity index is 742. The van der Waals surface area contributed by atoms with E-state index in [1.807, 2.05) is 30.9 Å². The zero-order valence-electron chi connectivity index (χ0n) is 15.2. The molecule has 1 aromatic carbocycles. The van der Waals surface area contributed by atoms with E-state index in [1.165, 1.54) is 6.07 Å². The van der Waals surface area contributed by atoms with Crippen molar-refractivity contribution in [1.29, 1.82) is 0 Å². The number of piperazine rings is 1. The van der Waals surface area contributed by atoms with Gasteiger partial charge >= 0.3 is 0 Å². The summed E-state index contributed by atoms with van der Waals surface area (Å²) in [6, 6.07) is 10.5. The first-order chi connectivity index (χ1) is 12.5. The fourth-order valence-corrected chi connectivity index (χ4v) is 3.01. The summed E-state index contributed by atoms with van der Waals surface area (Å²) in [5.74, 6) is 1.28. The minimum atomic E-state index is -0.192. The van der Waals surface area contributed by atoms with Crippen LogP contribution in [0.1, 0.15) is 20.3 Å². The number of para-hydroxylation sites is 1. The van der Waals surface area contributed by atoms with Gasteiger partial charge in [-0.3, -0.25) is 4.79 Å². The molecule has 0 radical (unpaired) electrons. The summed E-state index contributed by atoms with van der Waals surface area (Å²) in [6.07, 6.45) is 0.460. The molecule has 1 fully saturated rings. The Morgan fingerprint density at radius 1 is 1.08 bits per heavy atom. The van der Waals surface area contributed by atoms with Gasteiger partial charge < -0.3 is 15.1 Å². The van der Waals surface area contributed by atoms with Gasteiger partial charge in [0.1, 0.15) is 5.82 Å². The second kappa shape index (κ2) is 8.12. The molecule has 1 aliphatic heterocycles. The van der Waals surface area contributed by atoms with Gasteiger partial charge in [-0.15, -0.1) is 10.2 Å². The maximum absolute atomic E-state index is 13.9. The van der Waals surface area contributed by atoms with Crippen LogP contribution in [0.5, 0.6) is 0 Å². The van der Waals surface area contributed by atoms with Crippen LogP contribution < -0.4 is 15.1 Å². The number of nitrogens with one attached hydrogen (secondary N) is 1. The van der Waals surface area contributed by atoms with Crippen LogP contribution in [0.25, 0.3) is 0 Å². The van der Waals surface area contributed by atoms with Crippen molar-refractivity contribution in [3.05, 3.63) is 42.2 Å². The average molecular weight is 357 g/mol. The van der Waals surface area contributed by atoms with Crippen LogP contribution in [0, 0.1) is 11.7 Å². The number of carbonyl (C=O) groups is 1. The number of carbonyl (C=O) groups excluding carboxylic acids is 1. The predicted octanol–water partition coefficient (Wildman–Crippen LogP) is 2.93. The maximum atomic E-state index is 13.9. The van der Waals surface area contributed by atoms with Crippen molar-refractivity contribution in [1.82, 2.24) is 10.2 Å². The highest BCUT2D eigenvalue weighted by Gasteiger charge is 2.20. The van der Waals surface area contributed by atoms with Crippen molar-refractivity contribution in [2.75, 3.05) is 41.3 Å². The summed E-state index contributed by atoms with van der Waals surface area (Å²) >= 11 is 0. The molecular formula is C19H24FN5O. The summed E-state index contributed by atoms with van der Waals surface area (Å²) in [7, 11) is 0. The molecule has 26 heavy (non-hydrogen) atoms. The average Bonchev–Trinajstić information content (AvgIpc) is 2.62. The zero-order chi connectivity index (χ0) is 18.5. The van der Waals surface area contributed by atoms with Gasteiger partial charge in [0.15, 0.2) is 11.6 Å². The van der Waals surface area contributed by atoms with Gasteiger partial charge in [0.25, 0.3) is 0 Å². The van der Waals surface area contributed by atoms with Gasteiger partial charge in [-0.1, -0.05) is 26.0 Å². The number of rotatable bonds is 5. The van der Waals surface area contributed by atoms with Crippen molar-refractivity contribution in [2.24, 2.45) is 5.92 Å². The molecule has 0 spiro atoms. The van der Waals surface area contributed by atoms with Crippen LogP contribution in [0.15, 0.2) is 36.4 Å². The quantitative estimate of drug-likeness (QED) is 0.891. The Hall–Kier alpha value is -2.70. The second-order valence-corrected chi connectivity index (χ2v) is 6.85. The number of nitrogens with zero attached hydrogens (tertiary/aromatic N) is 4. The van der Waals surface area contributed by atoms with E-state index in [-0.39, 0.29) is 11.7 Å². The fraction of sp³-hybridized carbons (Fsp3) is 0.421. The van der Waals surface area contributed by atoms with Gasteiger partial charge in [0.2, 0.25) is 5.91 Å². The molecule has 1 aromatic heterocycles. The van der Waals surface area contributed by atoms with Crippen LogP contribution in [0.3, 0.4) is 0 Å². The van der Waals surface area contributed by atoms with E-state index in [2.05, 4.69) is 20.4 Å². The van der Waals surface area contributed by atoms with Crippen molar-refractivity contribution in [2.45, 2.75) is 20.3 Å². The number of hydrogen-bond donors (Lipinski definition) is 1. The lowest BCUT2D eigenvalue weighted by Gasteiger charge is -2.36. The van der Waals surface area contributed by atoms with Crippen LogP contribution >= 0.6 is 0 Å². The molecule has 1 N–H and O–H groups in total. The minimum absolute atomic E-state index is 0.0550. The van der Waals surface area contributed by atoms with E-state index in [9.17, 15) is 9.18 Å². The molecule has 1 saturated heterocycles. The normalized spacial score (nSPS) is 14.6. The highest BCUT2D eigenvalue weighted by molar-refractivity contribution is 5.89. The van der Waals surface area contributed by atoms with Gasteiger partial charge in [-0.25, -0.2) is 4.39 Å². The van der Waals surface area contributed by atoms with Crippen molar-refractivity contribution in [3.8, 4) is 0 Å². The molecule has 3 rings (SSSR count). The molecule has 0 aliphatic carbocycles. The molecule has 2 aromatic rings. The van der Waals surface area contributed by atoms with E-state index < -0.39 is 0 Å². The van der Waals surface area contributed by atoms with Gasteiger partial charge in [-0.2, -0.15) is 0 Å². The monoisotopic (exact) mass is 357 g/mol. The third-order valence-electron chi connectivity index (χ3n) is 4.31. The smallest absolute Gasteiger partial charge is 0.225 e. The molecule has 1 aliphatic rings. The number of aromatic nitrogens is 2. The summed E-state index contributed by atoms with van der Waals surface area (Å²) in [6.45, 7) is 6.90. The van der Waals surface area contributed by atoms with Crippen LogP contribution in [-0.4, -0.2) is 42.3 Å². The zero-order valence-corrected chi connectivity index (χ0v) is 15.2. The molecule has 0 saturated carbocycles. The van der Waals surface area contributed by atoms with Crippen molar-refractivity contribution in [3.63, 3.8) is 0 Å². The molecule has 1 amide bonds. The van der Waals surface area contributed by atoms with Crippen LogP contribution in [0.4, 0.5) is 21.7 Å². The van der Waals surface area contributed by atoms with Gasteiger partial charge in [-0.05, 0) is 30.2 Å². The molecule has 0 atom stereocenters. The Balaban J connectivity index is 1.56. The van der Waals surface area contributed by atoms with E-state index >= 15 is 0 Å². The summed E-state index contributed by atoms with van der Waals surface area (Å²) in [4.78, 5) is 15.9.